The van der Waals surface area contributed by atoms with Gasteiger partial charge >= 0.3 is 6.18 Å². The molecule has 0 amide bonds. The average molecular weight is 273 g/mol. The summed E-state index contributed by atoms with van der Waals surface area (Å²) in [5.74, 6) is -0.127. The first-order valence-electron chi connectivity index (χ1n) is 6.48. The van der Waals surface area contributed by atoms with Gasteiger partial charge in [0.15, 0.2) is 0 Å². The number of hydrogen-bond acceptors (Lipinski definition) is 1. The molecule has 19 heavy (non-hydrogen) atoms. The molecule has 1 atom stereocenters. The summed E-state index contributed by atoms with van der Waals surface area (Å²) in [5.41, 5.74) is -0.318. The molecule has 0 fully saturated rings. The van der Waals surface area contributed by atoms with Crippen molar-refractivity contribution in [1.29, 1.82) is 0 Å². The van der Waals surface area contributed by atoms with Crippen molar-refractivity contribution in [3.8, 4) is 0 Å². The molecule has 0 aromatic heterocycles. The normalized spacial score (nSPS) is 14.5. The van der Waals surface area contributed by atoms with Crippen LogP contribution in [0, 0.1) is 5.41 Å². The molecule has 0 aliphatic heterocycles. The zero-order valence-electron chi connectivity index (χ0n) is 11.9. The Bertz CT molecular complexity index is 405. The quantitative estimate of drug-likeness (QED) is 0.855. The van der Waals surface area contributed by atoms with E-state index < -0.39 is 11.7 Å². The molecule has 0 radical (unpaired) electrons. The Morgan fingerprint density at radius 2 is 1.68 bits per heavy atom. The summed E-state index contributed by atoms with van der Waals surface area (Å²) in [6.07, 6.45) is -3.60. The second-order valence-electron chi connectivity index (χ2n) is 5.90. The summed E-state index contributed by atoms with van der Waals surface area (Å²) in [6.45, 7) is 6.66. The lowest BCUT2D eigenvalue weighted by molar-refractivity contribution is -0.138. The van der Waals surface area contributed by atoms with Crippen molar-refractivity contribution in [1.82, 2.24) is 5.32 Å². The maximum Gasteiger partial charge on any atom is 0.416 e. The Morgan fingerprint density at radius 1 is 1.11 bits per heavy atom. The minimum absolute atomic E-state index is 0.127. The number of nitrogens with one attached hydrogen (secondary N) is 1. The van der Waals surface area contributed by atoms with Gasteiger partial charge in [0.05, 0.1) is 5.56 Å². The Kier molecular flexibility index (Phi) is 5.02. The molecular weight excluding hydrogens is 251 g/mol. The van der Waals surface area contributed by atoms with Gasteiger partial charge < -0.3 is 5.32 Å². The molecule has 108 valence electrons. The lowest BCUT2D eigenvalue weighted by Gasteiger charge is -2.33. The second-order valence-corrected chi connectivity index (χ2v) is 5.90. The molecule has 1 aromatic carbocycles. The number of benzene rings is 1. The van der Waals surface area contributed by atoms with E-state index in [1.807, 2.05) is 27.8 Å². The van der Waals surface area contributed by atoms with E-state index in [1.54, 1.807) is 12.1 Å². The summed E-state index contributed by atoms with van der Waals surface area (Å²) < 4.78 is 39.3. The Balaban J connectivity index is 3.23. The van der Waals surface area contributed by atoms with Crippen molar-refractivity contribution in [2.75, 3.05) is 13.6 Å². The SMILES string of the molecule is CNCCC(c1ccccc1C(F)(F)F)C(C)(C)C. The first kappa shape index (κ1) is 16.0. The Labute approximate surface area is 113 Å². The highest BCUT2D eigenvalue weighted by atomic mass is 19.4. The van der Waals surface area contributed by atoms with Crippen LogP contribution in [0.15, 0.2) is 24.3 Å². The van der Waals surface area contributed by atoms with E-state index in [0.717, 1.165) is 0 Å². The first-order valence-corrected chi connectivity index (χ1v) is 6.48. The molecule has 1 unspecified atom stereocenters. The summed E-state index contributed by atoms with van der Waals surface area (Å²) in [4.78, 5) is 0. The van der Waals surface area contributed by atoms with E-state index in [0.29, 0.717) is 18.5 Å². The standard InChI is InChI=1S/C15H22F3N/c1-14(2,3)12(9-10-19-4)11-7-5-6-8-13(11)15(16,17)18/h5-8,12,19H,9-10H2,1-4H3. The van der Waals surface area contributed by atoms with Crippen LogP contribution in [0.2, 0.25) is 0 Å². The van der Waals surface area contributed by atoms with Crippen molar-refractivity contribution >= 4 is 0 Å². The number of halogens is 3. The molecule has 0 heterocycles. The van der Waals surface area contributed by atoms with Crippen LogP contribution in [0.25, 0.3) is 0 Å². The van der Waals surface area contributed by atoms with Gasteiger partial charge in [0.2, 0.25) is 0 Å². The largest absolute Gasteiger partial charge is 0.416 e. The van der Waals surface area contributed by atoms with Crippen molar-refractivity contribution in [3.05, 3.63) is 35.4 Å². The lowest BCUT2D eigenvalue weighted by Crippen LogP contribution is -2.25. The van der Waals surface area contributed by atoms with Gasteiger partial charge in [-0.2, -0.15) is 13.2 Å². The molecule has 0 saturated heterocycles. The highest BCUT2D eigenvalue weighted by molar-refractivity contribution is 5.34. The summed E-state index contributed by atoms with van der Waals surface area (Å²) >= 11 is 0. The molecule has 1 nitrogen and oxygen atoms in total. The summed E-state index contributed by atoms with van der Waals surface area (Å²) in [6, 6.07) is 5.91. The van der Waals surface area contributed by atoms with Crippen LogP contribution >= 0.6 is 0 Å². The topological polar surface area (TPSA) is 12.0 Å². The van der Waals surface area contributed by atoms with Gasteiger partial charge in [0.1, 0.15) is 0 Å². The van der Waals surface area contributed by atoms with Gasteiger partial charge in [0, 0.05) is 0 Å². The van der Waals surface area contributed by atoms with Crippen molar-refractivity contribution < 1.29 is 13.2 Å². The predicted octanol–water partition coefficient (Wildman–Crippen LogP) is 4.44. The minimum atomic E-state index is -4.29. The van der Waals surface area contributed by atoms with E-state index in [2.05, 4.69) is 5.32 Å². The molecule has 1 N–H and O–H groups in total. The van der Waals surface area contributed by atoms with Crippen LogP contribution in [-0.4, -0.2) is 13.6 Å². The Morgan fingerprint density at radius 3 is 2.16 bits per heavy atom. The summed E-state index contributed by atoms with van der Waals surface area (Å²) in [7, 11) is 1.81. The summed E-state index contributed by atoms with van der Waals surface area (Å²) in [5, 5.41) is 3.02. The molecular formula is C15H22F3N. The fraction of sp³-hybridized carbons (Fsp3) is 0.600. The van der Waals surface area contributed by atoms with Crippen molar-refractivity contribution in [3.63, 3.8) is 0 Å². The molecule has 0 saturated carbocycles. The van der Waals surface area contributed by atoms with Crippen LogP contribution in [-0.2, 0) is 6.18 Å². The highest BCUT2D eigenvalue weighted by Gasteiger charge is 2.37. The van der Waals surface area contributed by atoms with E-state index in [-0.39, 0.29) is 11.3 Å². The van der Waals surface area contributed by atoms with E-state index >= 15 is 0 Å². The monoisotopic (exact) mass is 273 g/mol. The van der Waals surface area contributed by atoms with Gasteiger partial charge in [-0.3, -0.25) is 0 Å². The first-order chi connectivity index (χ1) is 8.68. The van der Waals surface area contributed by atoms with Gasteiger partial charge in [-0.05, 0) is 43.0 Å². The average Bonchev–Trinajstić information content (AvgIpc) is 2.27. The van der Waals surface area contributed by atoms with Crippen LogP contribution in [0.3, 0.4) is 0 Å². The van der Waals surface area contributed by atoms with Gasteiger partial charge in [-0.15, -0.1) is 0 Å². The second kappa shape index (κ2) is 5.95. The Hall–Kier alpha value is -1.03. The van der Waals surface area contributed by atoms with E-state index in [4.69, 9.17) is 0 Å². The molecule has 1 aromatic rings. The van der Waals surface area contributed by atoms with Crippen LogP contribution in [0.5, 0.6) is 0 Å². The lowest BCUT2D eigenvalue weighted by atomic mass is 9.73. The molecule has 4 heteroatoms. The molecule has 0 aliphatic carbocycles. The third kappa shape index (κ3) is 4.23. The third-order valence-electron chi connectivity index (χ3n) is 3.37. The van der Waals surface area contributed by atoms with Crippen molar-refractivity contribution in [2.45, 2.75) is 39.3 Å². The maximum atomic E-state index is 13.1. The molecule has 0 bridgehead atoms. The number of alkyl halides is 3. The van der Waals surface area contributed by atoms with Gasteiger partial charge in [-0.25, -0.2) is 0 Å². The zero-order valence-corrected chi connectivity index (χ0v) is 11.9. The third-order valence-corrected chi connectivity index (χ3v) is 3.37. The van der Waals surface area contributed by atoms with E-state index in [1.165, 1.54) is 12.1 Å². The van der Waals surface area contributed by atoms with Crippen molar-refractivity contribution in [2.24, 2.45) is 5.41 Å². The van der Waals surface area contributed by atoms with Crippen LogP contribution in [0.1, 0.15) is 44.2 Å². The van der Waals surface area contributed by atoms with Gasteiger partial charge in [0.25, 0.3) is 0 Å². The molecule has 1 rings (SSSR count). The van der Waals surface area contributed by atoms with E-state index in [9.17, 15) is 13.2 Å². The van der Waals surface area contributed by atoms with Crippen LogP contribution in [0.4, 0.5) is 13.2 Å². The maximum absolute atomic E-state index is 13.1. The molecule has 0 aliphatic rings. The fourth-order valence-corrected chi connectivity index (χ4v) is 2.40. The number of rotatable bonds is 4. The number of hydrogen-bond donors (Lipinski definition) is 1. The predicted molar refractivity (Wildman–Crippen MR) is 72.2 cm³/mol. The van der Waals surface area contributed by atoms with Gasteiger partial charge in [-0.1, -0.05) is 39.0 Å². The van der Waals surface area contributed by atoms with Crippen LogP contribution < -0.4 is 5.32 Å². The smallest absolute Gasteiger partial charge is 0.320 e. The minimum Gasteiger partial charge on any atom is -0.320 e. The fourth-order valence-electron chi connectivity index (χ4n) is 2.40. The zero-order chi connectivity index (χ0) is 14.7. The highest BCUT2D eigenvalue weighted by Crippen LogP contribution is 2.43. The molecule has 0 spiro atoms.